The Morgan fingerprint density at radius 1 is 1.50 bits per heavy atom. The summed E-state index contributed by atoms with van der Waals surface area (Å²) in [6.07, 6.45) is 3.04. The summed E-state index contributed by atoms with van der Waals surface area (Å²) in [6.45, 7) is 6.12. The van der Waals surface area contributed by atoms with Crippen LogP contribution in [0.2, 0.25) is 0 Å². The topological polar surface area (TPSA) is 75.6 Å². The highest BCUT2D eigenvalue weighted by molar-refractivity contribution is 5.88. The van der Waals surface area contributed by atoms with Crippen molar-refractivity contribution in [2.45, 2.75) is 32.6 Å². The number of hydrogen-bond acceptors (Lipinski definition) is 5. The van der Waals surface area contributed by atoms with Crippen molar-refractivity contribution in [1.29, 1.82) is 0 Å². The second-order valence-electron chi connectivity index (χ2n) is 4.64. The SMILES string of the molecule is CC1CN(Cc2ncncc2C(=O)O)CC(C)O1. The molecule has 1 N–H and O–H groups in total. The Hall–Kier alpha value is -1.53. The lowest BCUT2D eigenvalue weighted by atomic mass is 10.2. The number of ether oxygens (including phenoxy) is 1. The Morgan fingerprint density at radius 2 is 2.17 bits per heavy atom. The van der Waals surface area contributed by atoms with Crippen LogP contribution in [0.5, 0.6) is 0 Å². The normalized spacial score (nSPS) is 25.0. The van der Waals surface area contributed by atoms with E-state index in [0.717, 1.165) is 13.1 Å². The molecule has 1 aromatic heterocycles. The lowest BCUT2D eigenvalue weighted by Gasteiger charge is -2.35. The molecule has 1 aliphatic rings. The summed E-state index contributed by atoms with van der Waals surface area (Å²) < 4.78 is 5.64. The molecule has 0 aromatic carbocycles. The molecular weight excluding hydrogens is 234 g/mol. The number of aromatic nitrogens is 2. The molecule has 2 heterocycles. The Morgan fingerprint density at radius 3 is 2.78 bits per heavy atom. The van der Waals surface area contributed by atoms with E-state index in [1.54, 1.807) is 0 Å². The van der Waals surface area contributed by atoms with Crippen LogP contribution in [0.1, 0.15) is 29.9 Å². The predicted octanol–water partition coefficient (Wildman–Crippen LogP) is 0.784. The minimum Gasteiger partial charge on any atom is -0.478 e. The first-order chi connectivity index (χ1) is 8.56. The molecule has 0 spiro atoms. The summed E-state index contributed by atoms with van der Waals surface area (Å²) in [5, 5.41) is 9.08. The quantitative estimate of drug-likeness (QED) is 0.855. The van der Waals surface area contributed by atoms with Gasteiger partial charge in [-0.05, 0) is 13.8 Å². The molecule has 0 bridgehead atoms. The Labute approximate surface area is 106 Å². The van der Waals surface area contributed by atoms with Gasteiger partial charge >= 0.3 is 5.97 Å². The molecule has 2 atom stereocenters. The van der Waals surface area contributed by atoms with E-state index in [2.05, 4.69) is 14.9 Å². The third-order valence-corrected chi connectivity index (χ3v) is 2.89. The van der Waals surface area contributed by atoms with Gasteiger partial charge < -0.3 is 9.84 Å². The van der Waals surface area contributed by atoms with Crippen molar-refractivity contribution < 1.29 is 14.6 Å². The number of carboxylic acids is 1. The van der Waals surface area contributed by atoms with E-state index in [1.165, 1.54) is 12.5 Å². The molecule has 1 saturated heterocycles. The van der Waals surface area contributed by atoms with Crippen molar-refractivity contribution in [2.24, 2.45) is 0 Å². The lowest BCUT2D eigenvalue weighted by molar-refractivity contribution is -0.0708. The molecule has 2 unspecified atom stereocenters. The van der Waals surface area contributed by atoms with Crippen LogP contribution in [0.25, 0.3) is 0 Å². The van der Waals surface area contributed by atoms with Gasteiger partial charge in [0.25, 0.3) is 0 Å². The first-order valence-corrected chi connectivity index (χ1v) is 5.96. The maximum atomic E-state index is 11.1. The Kier molecular flexibility index (Phi) is 3.88. The van der Waals surface area contributed by atoms with Gasteiger partial charge in [0.2, 0.25) is 0 Å². The molecule has 0 radical (unpaired) electrons. The van der Waals surface area contributed by atoms with Crippen LogP contribution in [0, 0.1) is 0 Å². The average Bonchev–Trinajstić information content (AvgIpc) is 2.27. The highest BCUT2D eigenvalue weighted by Crippen LogP contribution is 2.14. The highest BCUT2D eigenvalue weighted by atomic mass is 16.5. The number of hydrogen-bond donors (Lipinski definition) is 1. The highest BCUT2D eigenvalue weighted by Gasteiger charge is 2.24. The van der Waals surface area contributed by atoms with E-state index < -0.39 is 5.97 Å². The first kappa shape index (κ1) is 12.9. The molecule has 0 amide bonds. The van der Waals surface area contributed by atoms with Crippen molar-refractivity contribution in [3.05, 3.63) is 23.8 Å². The monoisotopic (exact) mass is 251 g/mol. The summed E-state index contributed by atoms with van der Waals surface area (Å²) in [5.74, 6) is -0.986. The van der Waals surface area contributed by atoms with E-state index in [-0.39, 0.29) is 17.8 Å². The fourth-order valence-corrected chi connectivity index (χ4v) is 2.28. The number of aromatic carboxylic acids is 1. The summed E-state index contributed by atoms with van der Waals surface area (Å²) in [5.41, 5.74) is 0.725. The van der Waals surface area contributed by atoms with Crippen LogP contribution in [0.4, 0.5) is 0 Å². The fourth-order valence-electron chi connectivity index (χ4n) is 2.28. The van der Waals surface area contributed by atoms with Gasteiger partial charge in [-0.1, -0.05) is 0 Å². The van der Waals surface area contributed by atoms with Gasteiger partial charge in [0.1, 0.15) is 11.9 Å². The molecule has 2 rings (SSSR count). The van der Waals surface area contributed by atoms with Gasteiger partial charge in [-0.2, -0.15) is 0 Å². The number of rotatable bonds is 3. The van der Waals surface area contributed by atoms with Crippen LogP contribution in [0.15, 0.2) is 12.5 Å². The number of carbonyl (C=O) groups is 1. The zero-order valence-electron chi connectivity index (χ0n) is 10.5. The molecule has 6 heteroatoms. The van der Waals surface area contributed by atoms with E-state index in [9.17, 15) is 4.79 Å². The predicted molar refractivity (Wildman–Crippen MR) is 64.3 cm³/mol. The zero-order chi connectivity index (χ0) is 13.1. The van der Waals surface area contributed by atoms with E-state index in [0.29, 0.717) is 12.2 Å². The van der Waals surface area contributed by atoms with Crippen LogP contribution in [-0.4, -0.2) is 51.2 Å². The summed E-state index contributed by atoms with van der Waals surface area (Å²) in [7, 11) is 0. The van der Waals surface area contributed by atoms with E-state index in [4.69, 9.17) is 9.84 Å². The third kappa shape index (κ3) is 3.02. The van der Waals surface area contributed by atoms with E-state index >= 15 is 0 Å². The molecule has 0 aliphatic carbocycles. The van der Waals surface area contributed by atoms with Crippen molar-refractivity contribution >= 4 is 5.97 Å². The van der Waals surface area contributed by atoms with Gasteiger partial charge in [-0.15, -0.1) is 0 Å². The summed E-state index contributed by atoms with van der Waals surface area (Å²) in [4.78, 5) is 21.1. The smallest absolute Gasteiger partial charge is 0.339 e. The number of morpholine rings is 1. The van der Waals surface area contributed by atoms with Crippen LogP contribution < -0.4 is 0 Å². The van der Waals surface area contributed by atoms with Gasteiger partial charge in [0.05, 0.1) is 17.9 Å². The molecule has 1 fully saturated rings. The molecule has 0 saturated carbocycles. The minimum absolute atomic E-state index is 0.156. The van der Waals surface area contributed by atoms with Crippen LogP contribution in [0.3, 0.4) is 0 Å². The standard InChI is InChI=1S/C12H17N3O3/c1-8-4-15(5-9(2)18-8)6-11-10(12(16)17)3-13-7-14-11/h3,7-9H,4-6H2,1-2H3,(H,16,17). The summed E-state index contributed by atoms with van der Waals surface area (Å²) in [6, 6.07) is 0. The zero-order valence-corrected chi connectivity index (χ0v) is 10.5. The van der Waals surface area contributed by atoms with Crippen molar-refractivity contribution in [1.82, 2.24) is 14.9 Å². The second-order valence-corrected chi connectivity index (χ2v) is 4.64. The Balaban J connectivity index is 2.11. The molecular formula is C12H17N3O3. The van der Waals surface area contributed by atoms with Crippen molar-refractivity contribution in [2.75, 3.05) is 13.1 Å². The second kappa shape index (κ2) is 5.41. The van der Waals surface area contributed by atoms with Gasteiger partial charge in [-0.25, -0.2) is 14.8 Å². The third-order valence-electron chi connectivity index (χ3n) is 2.89. The van der Waals surface area contributed by atoms with Crippen molar-refractivity contribution in [3.8, 4) is 0 Å². The fraction of sp³-hybridized carbons (Fsp3) is 0.583. The molecule has 1 aliphatic heterocycles. The minimum atomic E-state index is -0.986. The first-order valence-electron chi connectivity index (χ1n) is 5.96. The number of nitrogens with zero attached hydrogens (tertiary/aromatic N) is 3. The van der Waals surface area contributed by atoms with Crippen molar-refractivity contribution in [3.63, 3.8) is 0 Å². The molecule has 18 heavy (non-hydrogen) atoms. The average molecular weight is 251 g/mol. The van der Waals surface area contributed by atoms with Gasteiger partial charge in [-0.3, -0.25) is 4.90 Å². The largest absolute Gasteiger partial charge is 0.478 e. The van der Waals surface area contributed by atoms with Gasteiger partial charge in [0, 0.05) is 25.8 Å². The van der Waals surface area contributed by atoms with Gasteiger partial charge in [0.15, 0.2) is 0 Å². The molecule has 1 aromatic rings. The van der Waals surface area contributed by atoms with Crippen LogP contribution >= 0.6 is 0 Å². The van der Waals surface area contributed by atoms with Crippen LogP contribution in [-0.2, 0) is 11.3 Å². The van der Waals surface area contributed by atoms with E-state index in [1.807, 2.05) is 13.8 Å². The summed E-state index contributed by atoms with van der Waals surface area (Å²) >= 11 is 0. The Bertz CT molecular complexity index is 428. The maximum Gasteiger partial charge on any atom is 0.339 e. The molecule has 98 valence electrons. The maximum absolute atomic E-state index is 11.1. The molecule has 6 nitrogen and oxygen atoms in total. The number of carboxylic acid groups (broad SMARTS) is 1. The lowest BCUT2D eigenvalue weighted by Crippen LogP contribution is -2.45.